The smallest absolute Gasteiger partial charge is 0.0703 e. The maximum absolute atomic E-state index is 3.77. The molecule has 26 heavy (non-hydrogen) atoms. The third kappa shape index (κ3) is 7.66. The van der Waals surface area contributed by atoms with Gasteiger partial charge in [0, 0.05) is 9.75 Å². The fourth-order valence-electron chi connectivity index (χ4n) is 3.38. The lowest BCUT2D eigenvalue weighted by Crippen LogP contribution is -2.18. The fraction of sp³-hybridized carbons (Fsp3) is 0.600. The quantitative estimate of drug-likeness (QED) is 0.194. The van der Waals surface area contributed by atoms with Crippen LogP contribution in [0, 0.1) is 0 Å². The second-order valence-electron chi connectivity index (χ2n) is 7.14. The first-order chi connectivity index (χ1) is 12.7. The van der Waals surface area contributed by atoms with Crippen LogP contribution in [0.1, 0.15) is 65.2 Å². The van der Waals surface area contributed by atoms with E-state index in [-0.39, 0.29) is 19.0 Å². The van der Waals surface area contributed by atoms with E-state index in [1.807, 2.05) is 22.7 Å². The van der Waals surface area contributed by atoms with E-state index in [1.54, 1.807) is 20.1 Å². The van der Waals surface area contributed by atoms with E-state index in [0.29, 0.717) is 0 Å². The van der Waals surface area contributed by atoms with E-state index in [9.17, 15) is 0 Å². The lowest BCUT2D eigenvalue weighted by molar-refractivity contribution is 0.701. The first-order valence-electron chi connectivity index (χ1n) is 10.2. The van der Waals surface area contributed by atoms with Gasteiger partial charge in [0.25, 0.3) is 0 Å². The lowest BCUT2D eigenvalue weighted by Gasteiger charge is -2.06. The van der Waals surface area contributed by atoms with Crippen LogP contribution >= 0.6 is 54.5 Å². The van der Waals surface area contributed by atoms with Crippen LogP contribution in [0.3, 0.4) is 0 Å². The Morgan fingerprint density at radius 2 is 1.12 bits per heavy atom. The molecule has 0 N–H and O–H groups in total. The fourth-order valence-corrected chi connectivity index (χ4v) is 12.4. The Hall–Kier alpha value is 0.794. The number of rotatable bonds is 13. The Bertz CT molecular complexity index is 596. The molecule has 0 radical (unpaired) electrons. The van der Waals surface area contributed by atoms with Gasteiger partial charge < -0.3 is 0 Å². The van der Waals surface area contributed by atoms with Crippen LogP contribution in [-0.2, 0) is 0 Å². The SMILES string of the molecule is CCCCCC[SiH2]c1cc(Br)sc1-c1sc(Br)cc1[SiH2]CCCCCC. The molecule has 146 valence electrons. The average molecular weight is 553 g/mol. The van der Waals surface area contributed by atoms with Crippen LogP contribution in [0.5, 0.6) is 0 Å². The minimum Gasteiger partial charge on any atom is -0.128 e. The highest BCUT2D eigenvalue weighted by Crippen LogP contribution is 2.35. The van der Waals surface area contributed by atoms with E-state index >= 15 is 0 Å². The number of thiophene rings is 2. The molecule has 2 rings (SSSR count). The zero-order chi connectivity index (χ0) is 18.8. The molecule has 0 saturated carbocycles. The van der Waals surface area contributed by atoms with Crippen molar-refractivity contribution in [2.75, 3.05) is 0 Å². The number of unbranched alkanes of at least 4 members (excludes halogenated alkanes) is 6. The largest absolute Gasteiger partial charge is 0.128 e. The van der Waals surface area contributed by atoms with Crippen molar-refractivity contribution in [2.45, 2.75) is 77.3 Å². The molecule has 0 atom stereocenters. The third-order valence-corrected chi connectivity index (χ3v) is 12.8. The molecular formula is C20H32Br2S2Si2. The summed E-state index contributed by atoms with van der Waals surface area (Å²) in [6, 6.07) is 7.80. The van der Waals surface area contributed by atoms with Gasteiger partial charge in [-0.3, -0.25) is 0 Å². The van der Waals surface area contributed by atoms with E-state index < -0.39 is 0 Å². The molecule has 2 aromatic heterocycles. The molecule has 0 spiro atoms. The molecule has 6 heteroatoms. The van der Waals surface area contributed by atoms with Crippen LogP contribution in [-0.4, -0.2) is 19.0 Å². The summed E-state index contributed by atoms with van der Waals surface area (Å²) < 4.78 is 2.65. The summed E-state index contributed by atoms with van der Waals surface area (Å²) in [5.41, 5.74) is 0. The summed E-state index contributed by atoms with van der Waals surface area (Å²) >= 11 is 11.5. The van der Waals surface area contributed by atoms with Crippen LogP contribution in [0.25, 0.3) is 9.75 Å². The lowest BCUT2D eigenvalue weighted by atomic mass is 10.2. The van der Waals surface area contributed by atoms with Gasteiger partial charge >= 0.3 is 0 Å². The number of halogens is 2. The number of hydrogen-bond acceptors (Lipinski definition) is 2. The first kappa shape index (κ1) is 23.1. The zero-order valence-corrected chi connectivity index (χ0v) is 23.8. The van der Waals surface area contributed by atoms with Crippen LogP contribution in [0.4, 0.5) is 0 Å². The van der Waals surface area contributed by atoms with Crippen molar-refractivity contribution in [1.29, 1.82) is 0 Å². The van der Waals surface area contributed by atoms with Gasteiger partial charge in [0.15, 0.2) is 0 Å². The molecule has 0 aromatic carbocycles. The Kier molecular flexibility index (Phi) is 11.6. The van der Waals surface area contributed by atoms with Crippen molar-refractivity contribution in [3.05, 3.63) is 19.7 Å². The Balaban J connectivity index is 2.03. The Labute approximate surface area is 189 Å². The van der Waals surface area contributed by atoms with Gasteiger partial charge in [-0.15, -0.1) is 22.7 Å². The molecule has 2 heterocycles. The number of hydrogen-bond donors (Lipinski definition) is 0. The molecule has 2 aromatic rings. The molecule has 0 unspecified atom stereocenters. The van der Waals surface area contributed by atoms with Crippen LogP contribution < -0.4 is 10.4 Å². The molecule has 0 amide bonds. The molecule has 0 aliphatic heterocycles. The zero-order valence-electron chi connectivity index (χ0n) is 16.2. The van der Waals surface area contributed by atoms with E-state index in [0.717, 1.165) is 0 Å². The average Bonchev–Trinajstić information content (AvgIpc) is 3.16. The second kappa shape index (κ2) is 13.1. The van der Waals surface area contributed by atoms with Crippen molar-refractivity contribution < 1.29 is 0 Å². The summed E-state index contributed by atoms with van der Waals surface area (Å²) in [6.45, 7) is 4.60. The maximum Gasteiger partial charge on any atom is 0.0703 e. The van der Waals surface area contributed by atoms with Crippen molar-refractivity contribution in [2.24, 2.45) is 0 Å². The van der Waals surface area contributed by atoms with E-state index in [4.69, 9.17) is 0 Å². The summed E-state index contributed by atoms with van der Waals surface area (Å²) in [4.78, 5) is 3.21. The molecule has 0 aliphatic carbocycles. The van der Waals surface area contributed by atoms with Gasteiger partial charge in [-0.05, 0) is 54.4 Å². The summed E-state index contributed by atoms with van der Waals surface area (Å²) in [5.74, 6) is 0. The van der Waals surface area contributed by atoms with Gasteiger partial charge in [0.2, 0.25) is 0 Å². The van der Waals surface area contributed by atoms with Crippen molar-refractivity contribution >= 4 is 83.9 Å². The van der Waals surface area contributed by atoms with Crippen LogP contribution in [0.2, 0.25) is 12.1 Å². The van der Waals surface area contributed by atoms with Crippen molar-refractivity contribution in [1.82, 2.24) is 0 Å². The molecule has 0 bridgehead atoms. The molecule has 0 aliphatic rings. The Morgan fingerprint density at radius 3 is 1.50 bits per heavy atom. The highest BCUT2D eigenvalue weighted by atomic mass is 79.9. The summed E-state index contributed by atoms with van der Waals surface area (Å²) in [6.07, 6.45) is 11.2. The van der Waals surface area contributed by atoms with Gasteiger partial charge in [0.05, 0.1) is 26.6 Å². The van der Waals surface area contributed by atoms with E-state index in [2.05, 4.69) is 57.8 Å². The monoisotopic (exact) mass is 550 g/mol. The second-order valence-corrected chi connectivity index (χ2v) is 15.9. The molecular weight excluding hydrogens is 520 g/mol. The normalized spacial score (nSPS) is 12.3. The minimum atomic E-state index is -0.141. The predicted octanol–water partition coefficient (Wildman–Crippen LogP) is 6.59. The summed E-state index contributed by atoms with van der Waals surface area (Å²) in [7, 11) is -0.283. The first-order valence-corrected chi connectivity index (χ1v) is 16.9. The highest BCUT2D eigenvalue weighted by Gasteiger charge is 2.16. The van der Waals surface area contributed by atoms with Crippen molar-refractivity contribution in [3.63, 3.8) is 0 Å². The Morgan fingerprint density at radius 1 is 0.692 bits per heavy atom. The maximum atomic E-state index is 3.77. The van der Waals surface area contributed by atoms with Gasteiger partial charge in [0.1, 0.15) is 0 Å². The van der Waals surface area contributed by atoms with Gasteiger partial charge in [-0.1, -0.05) is 77.3 Å². The highest BCUT2D eigenvalue weighted by molar-refractivity contribution is 9.11. The van der Waals surface area contributed by atoms with E-state index in [1.165, 1.54) is 71.0 Å². The van der Waals surface area contributed by atoms with Gasteiger partial charge in [-0.2, -0.15) is 0 Å². The standard InChI is InChI=1S/C20H32Br2S2Si2/c1-3-5-7-9-11-25-15-13-17(21)23-19(15)20-16(14-18(22)24-20)26-12-10-8-6-4-2/h13-14H,3-12,25-26H2,1-2H3. The van der Waals surface area contributed by atoms with Crippen LogP contribution in [0.15, 0.2) is 19.7 Å². The topological polar surface area (TPSA) is 0 Å². The van der Waals surface area contributed by atoms with Gasteiger partial charge in [-0.25, -0.2) is 0 Å². The van der Waals surface area contributed by atoms with Crippen molar-refractivity contribution in [3.8, 4) is 9.75 Å². The predicted molar refractivity (Wildman–Crippen MR) is 137 cm³/mol. The summed E-state index contributed by atoms with van der Waals surface area (Å²) in [5, 5.41) is 3.41. The minimum absolute atomic E-state index is 0.141. The molecule has 0 nitrogen and oxygen atoms in total. The molecule has 0 fully saturated rings. The third-order valence-electron chi connectivity index (χ3n) is 4.86. The molecule has 0 saturated heterocycles.